The summed E-state index contributed by atoms with van der Waals surface area (Å²) in [5.41, 5.74) is 2.42. The lowest BCUT2D eigenvalue weighted by molar-refractivity contribution is 0.0673. The van der Waals surface area contributed by atoms with E-state index in [1.54, 1.807) is 4.90 Å². The van der Waals surface area contributed by atoms with Gasteiger partial charge in [-0.15, -0.1) is 0 Å². The quantitative estimate of drug-likeness (QED) is 0.881. The second-order valence-corrected chi connectivity index (χ2v) is 6.65. The lowest BCUT2D eigenvalue weighted by Crippen LogP contribution is -2.42. The zero-order valence-electron chi connectivity index (χ0n) is 14.5. The molecule has 2 saturated heterocycles. The van der Waals surface area contributed by atoms with Crippen molar-refractivity contribution in [3.63, 3.8) is 0 Å². The molecule has 1 aromatic rings. The van der Waals surface area contributed by atoms with Crippen LogP contribution in [-0.2, 0) is 0 Å². The summed E-state index contributed by atoms with van der Waals surface area (Å²) in [6.07, 6.45) is 2.21. The maximum absolute atomic E-state index is 13.0. The molecule has 2 N–H and O–H groups in total. The summed E-state index contributed by atoms with van der Waals surface area (Å²) in [7, 11) is 1.95. The predicted octanol–water partition coefficient (Wildman–Crippen LogP) is 1.60. The molecule has 0 unspecified atom stereocenters. The molecule has 0 saturated carbocycles. The highest BCUT2D eigenvalue weighted by molar-refractivity contribution is 6.00. The van der Waals surface area contributed by atoms with Crippen LogP contribution in [0.15, 0.2) is 18.2 Å². The Kier molecular flexibility index (Phi) is 5.04. The number of hydrogen-bond donors (Lipinski definition) is 2. The number of hydrogen-bond acceptors (Lipinski definition) is 3. The van der Waals surface area contributed by atoms with Gasteiger partial charge in [-0.1, -0.05) is 6.07 Å². The number of nitrogens with zero attached hydrogens (tertiary/aromatic N) is 2. The molecule has 0 aromatic heterocycles. The van der Waals surface area contributed by atoms with Crippen LogP contribution >= 0.6 is 0 Å². The average molecular weight is 330 g/mol. The summed E-state index contributed by atoms with van der Waals surface area (Å²) in [5.74, 6) is 0.593. The molecule has 1 atom stereocenters. The van der Waals surface area contributed by atoms with Gasteiger partial charge in [-0.3, -0.25) is 9.69 Å². The third-order valence-electron chi connectivity index (χ3n) is 4.98. The van der Waals surface area contributed by atoms with Crippen molar-refractivity contribution in [2.75, 3.05) is 44.7 Å². The number of nitrogens with one attached hydrogen (secondary N) is 2. The van der Waals surface area contributed by atoms with Crippen LogP contribution in [0.2, 0.25) is 0 Å². The van der Waals surface area contributed by atoms with Crippen molar-refractivity contribution in [1.82, 2.24) is 15.5 Å². The lowest BCUT2D eigenvalue weighted by atomic mass is 9.96. The van der Waals surface area contributed by atoms with Gasteiger partial charge in [0.25, 0.3) is 5.91 Å². The summed E-state index contributed by atoms with van der Waals surface area (Å²) in [5, 5.41) is 6.02. The molecule has 6 heteroatoms. The van der Waals surface area contributed by atoms with Crippen LogP contribution < -0.4 is 15.5 Å². The Morgan fingerprint density at radius 2 is 2.21 bits per heavy atom. The fourth-order valence-corrected chi connectivity index (χ4v) is 3.72. The molecule has 2 aliphatic rings. The number of anilines is 1. The Morgan fingerprint density at radius 1 is 1.38 bits per heavy atom. The summed E-state index contributed by atoms with van der Waals surface area (Å²) in [4.78, 5) is 28.6. The first-order valence-corrected chi connectivity index (χ1v) is 8.70. The highest BCUT2D eigenvalue weighted by Gasteiger charge is 2.28. The molecule has 0 spiro atoms. The zero-order chi connectivity index (χ0) is 17.1. The Bertz CT molecular complexity index is 629. The second kappa shape index (κ2) is 7.21. The Hall–Kier alpha value is -2.08. The highest BCUT2D eigenvalue weighted by Crippen LogP contribution is 2.27. The van der Waals surface area contributed by atoms with E-state index in [0.29, 0.717) is 24.6 Å². The van der Waals surface area contributed by atoms with Crippen LogP contribution in [0.25, 0.3) is 0 Å². The minimum Gasteiger partial charge on any atom is -0.338 e. The van der Waals surface area contributed by atoms with Gasteiger partial charge in [0.1, 0.15) is 0 Å². The molecule has 0 radical (unpaired) electrons. The third-order valence-corrected chi connectivity index (χ3v) is 4.98. The molecule has 24 heavy (non-hydrogen) atoms. The predicted molar refractivity (Wildman–Crippen MR) is 94.5 cm³/mol. The van der Waals surface area contributed by atoms with E-state index in [2.05, 4.69) is 10.6 Å². The van der Waals surface area contributed by atoms with E-state index >= 15 is 0 Å². The number of likely N-dealkylation sites (tertiary alicyclic amines) is 1. The van der Waals surface area contributed by atoms with Crippen molar-refractivity contribution in [3.05, 3.63) is 29.3 Å². The number of urea groups is 1. The van der Waals surface area contributed by atoms with Gasteiger partial charge in [-0.25, -0.2) is 4.79 Å². The standard InChI is InChI=1S/C18H26N4O2/c1-13-15(6-3-7-16(13)22-10-8-20-18(22)24)17(23)21-9-4-5-14(12-21)11-19-2/h3,6-7,14,19H,4-5,8-12H2,1-2H3,(H,20,24)/t14-/m1/s1. The van der Waals surface area contributed by atoms with E-state index in [4.69, 9.17) is 0 Å². The van der Waals surface area contributed by atoms with Crippen LogP contribution in [0, 0.1) is 12.8 Å². The molecule has 3 amide bonds. The lowest BCUT2D eigenvalue weighted by Gasteiger charge is -2.33. The van der Waals surface area contributed by atoms with Gasteiger partial charge in [0.2, 0.25) is 0 Å². The van der Waals surface area contributed by atoms with Crippen LogP contribution in [0.4, 0.5) is 10.5 Å². The summed E-state index contributed by atoms with van der Waals surface area (Å²) in [6, 6.07) is 5.57. The number of rotatable bonds is 4. The van der Waals surface area contributed by atoms with Crippen molar-refractivity contribution in [2.45, 2.75) is 19.8 Å². The monoisotopic (exact) mass is 330 g/mol. The highest BCUT2D eigenvalue weighted by atomic mass is 16.2. The first-order valence-electron chi connectivity index (χ1n) is 8.70. The second-order valence-electron chi connectivity index (χ2n) is 6.65. The van der Waals surface area contributed by atoms with Crippen molar-refractivity contribution in [2.24, 2.45) is 5.92 Å². The summed E-state index contributed by atoms with van der Waals surface area (Å²) >= 11 is 0. The Morgan fingerprint density at radius 3 is 2.92 bits per heavy atom. The smallest absolute Gasteiger partial charge is 0.322 e. The average Bonchev–Trinajstić information content (AvgIpc) is 3.01. The van der Waals surface area contributed by atoms with Gasteiger partial charge in [0, 0.05) is 37.4 Å². The first-order chi connectivity index (χ1) is 11.6. The van der Waals surface area contributed by atoms with Gasteiger partial charge < -0.3 is 15.5 Å². The topological polar surface area (TPSA) is 64.7 Å². The van der Waals surface area contributed by atoms with Crippen molar-refractivity contribution < 1.29 is 9.59 Å². The maximum Gasteiger partial charge on any atom is 0.322 e. The molecule has 2 heterocycles. The van der Waals surface area contributed by atoms with Crippen LogP contribution in [0.5, 0.6) is 0 Å². The number of carbonyl (C=O) groups is 2. The fraction of sp³-hybridized carbons (Fsp3) is 0.556. The largest absolute Gasteiger partial charge is 0.338 e. The van der Waals surface area contributed by atoms with Crippen molar-refractivity contribution in [3.8, 4) is 0 Å². The number of amides is 3. The normalized spacial score (nSPS) is 21.1. The Balaban J connectivity index is 1.81. The van der Waals surface area contributed by atoms with Crippen LogP contribution in [-0.4, -0.2) is 56.6 Å². The number of benzene rings is 1. The molecule has 2 aliphatic heterocycles. The van der Waals surface area contributed by atoms with Gasteiger partial charge in [-0.2, -0.15) is 0 Å². The Labute approximate surface area is 143 Å². The minimum atomic E-state index is -0.0882. The summed E-state index contributed by atoms with van der Waals surface area (Å²) in [6.45, 7) is 5.78. The number of piperidine rings is 1. The molecular weight excluding hydrogens is 304 g/mol. The molecule has 1 aromatic carbocycles. The van der Waals surface area contributed by atoms with Gasteiger partial charge >= 0.3 is 6.03 Å². The van der Waals surface area contributed by atoms with E-state index < -0.39 is 0 Å². The molecule has 0 bridgehead atoms. The first kappa shape index (κ1) is 16.8. The van der Waals surface area contributed by atoms with E-state index in [1.807, 2.05) is 37.1 Å². The molecule has 6 nitrogen and oxygen atoms in total. The molecule has 2 fully saturated rings. The van der Waals surface area contributed by atoms with E-state index in [0.717, 1.165) is 43.7 Å². The van der Waals surface area contributed by atoms with Crippen LogP contribution in [0.1, 0.15) is 28.8 Å². The SMILES string of the molecule is CNC[C@H]1CCCN(C(=O)c2cccc(N3CCNC3=O)c2C)C1. The maximum atomic E-state index is 13.0. The van der Waals surface area contributed by atoms with Gasteiger partial charge in [0.05, 0.1) is 0 Å². The van der Waals surface area contributed by atoms with Crippen LogP contribution in [0.3, 0.4) is 0 Å². The van der Waals surface area contributed by atoms with Crippen molar-refractivity contribution in [1.29, 1.82) is 0 Å². The molecule has 3 rings (SSSR count). The van der Waals surface area contributed by atoms with Gasteiger partial charge in [0.15, 0.2) is 0 Å². The summed E-state index contributed by atoms with van der Waals surface area (Å²) < 4.78 is 0. The number of carbonyl (C=O) groups excluding carboxylic acids is 2. The molecule has 0 aliphatic carbocycles. The minimum absolute atomic E-state index is 0.0785. The van der Waals surface area contributed by atoms with E-state index in [-0.39, 0.29) is 11.9 Å². The van der Waals surface area contributed by atoms with Crippen molar-refractivity contribution >= 4 is 17.6 Å². The van der Waals surface area contributed by atoms with E-state index in [1.165, 1.54) is 0 Å². The zero-order valence-corrected chi connectivity index (χ0v) is 14.5. The molecular formula is C18H26N4O2. The third kappa shape index (κ3) is 3.24. The van der Waals surface area contributed by atoms with E-state index in [9.17, 15) is 9.59 Å². The van der Waals surface area contributed by atoms with Gasteiger partial charge in [-0.05, 0) is 57.0 Å². The molecule has 130 valence electrons. The fourth-order valence-electron chi connectivity index (χ4n) is 3.72.